The smallest absolute Gasteiger partial charge is 0.330 e. The lowest BCUT2D eigenvalue weighted by atomic mass is 10.1. The van der Waals surface area contributed by atoms with Crippen LogP contribution in [0.3, 0.4) is 0 Å². The highest BCUT2D eigenvalue weighted by Gasteiger charge is 2.23. The van der Waals surface area contributed by atoms with Crippen molar-refractivity contribution < 1.29 is 29.0 Å². The van der Waals surface area contributed by atoms with Crippen LogP contribution < -0.4 is 16.4 Å². The summed E-state index contributed by atoms with van der Waals surface area (Å²) in [4.78, 5) is 45.7. The number of ether oxygens (including phenoxy) is 1. The molecular formula is C17H21N3O6. The zero-order chi connectivity index (χ0) is 19.5. The third-order valence-electron chi connectivity index (χ3n) is 3.30. The molecule has 0 spiro atoms. The van der Waals surface area contributed by atoms with E-state index in [1.807, 2.05) is 6.07 Å². The Morgan fingerprint density at radius 2 is 1.85 bits per heavy atom. The van der Waals surface area contributed by atoms with E-state index in [1.54, 1.807) is 24.3 Å². The van der Waals surface area contributed by atoms with Gasteiger partial charge in [-0.05, 0) is 12.0 Å². The van der Waals surface area contributed by atoms with Crippen molar-refractivity contribution in [2.75, 3.05) is 13.7 Å². The van der Waals surface area contributed by atoms with E-state index in [-0.39, 0.29) is 13.0 Å². The van der Waals surface area contributed by atoms with Gasteiger partial charge < -0.3 is 26.2 Å². The second-order valence-corrected chi connectivity index (χ2v) is 5.30. The number of hydrogen-bond acceptors (Lipinski definition) is 6. The number of carboxylic acids is 1. The third kappa shape index (κ3) is 7.58. The van der Waals surface area contributed by atoms with Gasteiger partial charge in [0.1, 0.15) is 6.04 Å². The number of methoxy groups -OCH3 is 1. The molecule has 0 saturated heterocycles. The predicted octanol–water partition coefficient (Wildman–Crippen LogP) is -1.03. The average molecular weight is 363 g/mol. The van der Waals surface area contributed by atoms with E-state index in [0.717, 1.165) is 24.8 Å². The van der Waals surface area contributed by atoms with Gasteiger partial charge in [-0.25, -0.2) is 9.59 Å². The fourth-order valence-corrected chi connectivity index (χ4v) is 1.91. The van der Waals surface area contributed by atoms with E-state index in [1.165, 1.54) is 0 Å². The minimum Gasteiger partial charge on any atom is -0.480 e. The maximum atomic E-state index is 12.1. The van der Waals surface area contributed by atoms with Crippen LogP contribution in [0.1, 0.15) is 5.56 Å². The number of benzene rings is 1. The summed E-state index contributed by atoms with van der Waals surface area (Å²) < 4.78 is 4.32. The molecule has 1 aromatic rings. The number of hydrogen-bond donors (Lipinski definition) is 4. The van der Waals surface area contributed by atoms with Crippen LogP contribution in [0, 0.1) is 0 Å². The summed E-state index contributed by atoms with van der Waals surface area (Å²) in [5, 5.41) is 13.7. The lowest BCUT2D eigenvalue weighted by molar-refractivity contribution is -0.142. The van der Waals surface area contributed by atoms with Gasteiger partial charge in [-0.3, -0.25) is 9.59 Å². The highest BCUT2D eigenvalue weighted by atomic mass is 16.5. The van der Waals surface area contributed by atoms with Gasteiger partial charge in [-0.2, -0.15) is 0 Å². The number of amides is 2. The van der Waals surface area contributed by atoms with Crippen molar-refractivity contribution in [3.63, 3.8) is 0 Å². The van der Waals surface area contributed by atoms with Crippen molar-refractivity contribution in [1.29, 1.82) is 0 Å². The Hall–Kier alpha value is -3.20. The standard InChI is InChI=1S/C17H21N3O6/c1-26-15(22)8-7-14(21)19-10-13(17(24)25)20-16(23)12(18)9-11-5-3-2-4-6-11/h2-8,12-13H,9-10,18H2,1H3,(H,19,21)(H,20,23)(H,24,25)/b8-7+/t12-,13-/m0/s1. The maximum absolute atomic E-state index is 12.1. The Morgan fingerprint density at radius 3 is 2.42 bits per heavy atom. The Morgan fingerprint density at radius 1 is 1.19 bits per heavy atom. The molecule has 1 rings (SSSR count). The van der Waals surface area contributed by atoms with Crippen LogP contribution >= 0.6 is 0 Å². The number of rotatable bonds is 9. The highest BCUT2D eigenvalue weighted by Crippen LogP contribution is 2.02. The number of carbonyl (C=O) groups excluding carboxylic acids is 3. The average Bonchev–Trinajstić information content (AvgIpc) is 2.63. The minimum atomic E-state index is -1.36. The minimum absolute atomic E-state index is 0.243. The molecule has 0 heterocycles. The molecule has 0 aliphatic carbocycles. The number of nitrogens with two attached hydrogens (primary N) is 1. The first-order chi connectivity index (χ1) is 12.3. The van der Waals surface area contributed by atoms with Crippen LogP contribution in [-0.2, 0) is 30.3 Å². The van der Waals surface area contributed by atoms with Crippen molar-refractivity contribution in [1.82, 2.24) is 10.6 Å². The summed E-state index contributed by atoms with van der Waals surface area (Å²) in [5.74, 6) is -3.41. The summed E-state index contributed by atoms with van der Waals surface area (Å²) in [5.41, 5.74) is 6.63. The zero-order valence-electron chi connectivity index (χ0n) is 14.2. The molecule has 1 aromatic carbocycles. The summed E-state index contributed by atoms with van der Waals surface area (Å²) in [6.07, 6.45) is 2.03. The second-order valence-electron chi connectivity index (χ2n) is 5.30. The van der Waals surface area contributed by atoms with Gasteiger partial charge >= 0.3 is 11.9 Å². The Balaban J connectivity index is 2.55. The molecule has 0 aliphatic heterocycles. The van der Waals surface area contributed by atoms with E-state index in [2.05, 4.69) is 15.4 Å². The molecule has 2 atom stereocenters. The molecule has 2 amide bonds. The molecule has 5 N–H and O–H groups in total. The number of aliphatic carboxylic acids is 1. The summed E-state index contributed by atoms with van der Waals surface area (Å²) in [6.45, 7) is -0.372. The molecular weight excluding hydrogens is 342 g/mol. The molecule has 9 heteroatoms. The zero-order valence-corrected chi connectivity index (χ0v) is 14.2. The number of nitrogens with one attached hydrogen (secondary N) is 2. The first kappa shape index (κ1) is 20.8. The third-order valence-corrected chi connectivity index (χ3v) is 3.30. The quantitative estimate of drug-likeness (QED) is 0.324. The van der Waals surface area contributed by atoms with Crippen LogP contribution in [0.4, 0.5) is 0 Å². The van der Waals surface area contributed by atoms with Crippen LogP contribution in [0.25, 0.3) is 0 Å². The van der Waals surface area contributed by atoms with Gasteiger partial charge in [0.15, 0.2) is 0 Å². The highest BCUT2D eigenvalue weighted by molar-refractivity contribution is 5.95. The SMILES string of the molecule is COC(=O)/C=C/C(=O)NC[C@H](NC(=O)[C@@H](N)Cc1ccccc1)C(=O)O. The van der Waals surface area contributed by atoms with Crippen molar-refractivity contribution >= 4 is 23.8 Å². The van der Waals surface area contributed by atoms with Crippen molar-refractivity contribution in [3.8, 4) is 0 Å². The van der Waals surface area contributed by atoms with Gasteiger partial charge in [-0.1, -0.05) is 30.3 Å². The predicted molar refractivity (Wildman–Crippen MR) is 91.9 cm³/mol. The summed E-state index contributed by atoms with van der Waals surface area (Å²) in [6, 6.07) is 6.74. The molecule has 26 heavy (non-hydrogen) atoms. The molecule has 0 bridgehead atoms. The van der Waals surface area contributed by atoms with Gasteiger partial charge in [0.05, 0.1) is 13.2 Å². The van der Waals surface area contributed by atoms with E-state index in [0.29, 0.717) is 0 Å². The topological polar surface area (TPSA) is 148 Å². The molecule has 0 aliphatic rings. The van der Waals surface area contributed by atoms with E-state index in [4.69, 9.17) is 10.8 Å². The van der Waals surface area contributed by atoms with Crippen molar-refractivity contribution in [2.24, 2.45) is 5.73 Å². The van der Waals surface area contributed by atoms with Gasteiger partial charge in [0.2, 0.25) is 11.8 Å². The largest absolute Gasteiger partial charge is 0.480 e. The summed E-state index contributed by atoms with van der Waals surface area (Å²) in [7, 11) is 1.15. The Labute approximate surface area is 150 Å². The molecule has 9 nitrogen and oxygen atoms in total. The Kier molecular flexibility index (Phi) is 8.51. The normalized spacial score (nSPS) is 12.8. The van der Waals surface area contributed by atoms with Crippen molar-refractivity contribution in [2.45, 2.75) is 18.5 Å². The number of esters is 1. The molecule has 0 fully saturated rings. The van der Waals surface area contributed by atoms with E-state index >= 15 is 0 Å². The Bertz CT molecular complexity index is 674. The van der Waals surface area contributed by atoms with E-state index in [9.17, 15) is 19.2 Å². The van der Waals surface area contributed by atoms with Crippen LogP contribution in [-0.4, -0.2) is 54.6 Å². The lowest BCUT2D eigenvalue weighted by Gasteiger charge is -2.18. The monoisotopic (exact) mass is 363 g/mol. The van der Waals surface area contributed by atoms with E-state index < -0.39 is 35.8 Å². The molecule has 0 unspecified atom stereocenters. The number of carboxylic acid groups (broad SMARTS) is 1. The summed E-state index contributed by atoms with van der Waals surface area (Å²) >= 11 is 0. The maximum Gasteiger partial charge on any atom is 0.330 e. The first-order valence-electron chi connectivity index (χ1n) is 7.70. The fraction of sp³-hybridized carbons (Fsp3) is 0.294. The molecule has 140 valence electrons. The number of carbonyl (C=O) groups is 4. The van der Waals surface area contributed by atoms with Gasteiger partial charge in [0.25, 0.3) is 0 Å². The van der Waals surface area contributed by atoms with Crippen molar-refractivity contribution in [3.05, 3.63) is 48.0 Å². The fourth-order valence-electron chi connectivity index (χ4n) is 1.91. The van der Waals surface area contributed by atoms with Crippen LogP contribution in [0.2, 0.25) is 0 Å². The lowest BCUT2D eigenvalue weighted by Crippen LogP contribution is -2.53. The van der Waals surface area contributed by atoms with Gasteiger partial charge in [0, 0.05) is 18.7 Å². The first-order valence-corrected chi connectivity index (χ1v) is 7.70. The molecule has 0 saturated carbocycles. The molecule has 0 aromatic heterocycles. The van der Waals surface area contributed by atoms with Crippen LogP contribution in [0.15, 0.2) is 42.5 Å². The molecule has 0 radical (unpaired) electrons. The second kappa shape index (κ2) is 10.6. The van der Waals surface area contributed by atoms with Crippen LogP contribution in [0.5, 0.6) is 0 Å². The van der Waals surface area contributed by atoms with Gasteiger partial charge in [-0.15, -0.1) is 0 Å².